The standard InChI is InChI=1S/C18H24N2O/c1-19-13-18(16-9-5-4-6-10-16)20(2)14-15-8-7-11-17(12-15)21-3/h4-12,18-19H,13-14H2,1-3H3. The van der Waals surface area contributed by atoms with Gasteiger partial charge in [-0.25, -0.2) is 0 Å². The van der Waals surface area contributed by atoms with Crippen molar-refractivity contribution in [1.82, 2.24) is 10.2 Å². The Labute approximate surface area is 127 Å². The summed E-state index contributed by atoms with van der Waals surface area (Å²) in [4.78, 5) is 2.36. The minimum absolute atomic E-state index is 0.349. The van der Waals surface area contributed by atoms with E-state index in [1.807, 2.05) is 19.2 Å². The maximum absolute atomic E-state index is 5.30. The maximum atomic E-state index is 5.30. The molecule has 0 bridgehead atoms. The van der Waals surface area contributed by atoms with Gasteiger partial charge in [0.2, 0.25) is 0 Å². The summed E-state index contributed by atoms with van der Waals surface area (Å²) < 4.78 is 5.30. The third-order valence-corrected chi connectivity index (χ3v) is 3.68. The number of hydrogen-bond donors (Lipinski definition) is 1. The van der Waals surface area contributed by atoms with Crippen molar-refractivity contribution >= 4 is 0 Å². The van der Waals surface area contributed by atoms with E-state index in [1.54, 1.807) is 7.11 Å². The van der Waals surface area contributed by atoms with Crippen molar-refractivity contribution in [2.45, 2.75) is 12.6 Å². The molecule has 0 aliphatic heterocycles. The molecule has 3 nitrogen and oxygen atoms in total. The van der Waals surface area contributed by atoms with E-state index in [4.69, 9.17) is 4.74 Å². The van der Waals surface area contributed by atoms with Crippen LogP contribution < -0.4 is 10.1 Å². The Morgan fingerprint density at radius 2 is 1.86 bits per heavy atom. The molecule has 1 atom stereocenters. The predicted octanol–water partition coefficient (Wildman–Crippen LogP) is 3.09. The summed E-state index contributed by atoms with van der Waals surface area (Å²) in [5.74, 6) is 0.908. The van der Waals surface area contributed by atoms with E-state index in [9.17, 15) is 0 Å². The van der Waals surface area contributed by atoms with Crippen molar-refractivity contribution < 1.29 is 4.74 Å². The second-order valence-electron chi connectivity index (χ2n) is 5.25. The van der Waals surface area contributed by atoms with Crippen LogP contribution in [0.4, 0.5) is 0 Å². The average Bonchev–Trinajstić information content (AvgIpc) is 2.53. The van der Waals surface area contributed by atoms with Crippen LogP contribution in [0.3, 0.4) is 0 Å². The van der Waals surface area contributed by atoms with Crippen LogP contribution in [0, 0.1) is 0 Å². The minimum Gasteiger partial charge on any atom is -0.497 e. The minimum atomic E-state index is 0.349. The van der Waals surface area contributed by atoms with E-state index in [0.717, 1.165) is 18.8 Å². The van der Waals surface area contributed by atoms with Gasteiger partial charge in [0.25, 0.3) is 0 Å². The first-order chi connectivity index (χ1) is 10.2. The molecular weight excluding hydrogens is 260 g/mol. The molecule has 0 saturated heterocycles. The van der Waals surface area contributed by atoms with Crippen molar-refractivity contribution in [3.05, 3.63) is 65.7 Å². The lowest BCUT2D eigenvalue weighted by molar-refractivity contribution is 0.233. The molecular formula is C18H24N2O. The Hall–Kier alpha value is -1.84. The van der Waals surface area contributed by atoms with E-state index in [1.165, 1.54) is 11.1 Å². The molecule has 0 fully saturated rings. The first-order valence-electron chi connectivity index (χ1n) is 7.27. The molecule has 0 aliphatic carbocycles. The zero-order valence-corrected chi connectivity index (χ0v) is 13.0. The third-order valence-electron chi connectivity index (χ3n) is 3.68. The quantitative estimate of drug-likeness (QED) is 0.845. The van der Waals surface area contributed by atoms with E-state index in [2.05, 4.69) is 59.7 Å². The molecule has 2 rings (SSSR count). The lowest BCUT2D eigenvalue weighted by Crippen LogP contribution is -2.31. The van der Waals surface area contributed by atoms with Crippen LogP contribution in [0.15, 0.2) is 54.6 Å². The number of nitrogens with one attached hydrogen (secondary N) is 1. The monoisotopic (exact) mass is 284 g/mol. The van der Waals surface area contributed by atoms with Crippen LogP contribution in [0.2, 0.25) is 0 Å². The van der Waals surface area contributed by atoms with Crippen molar-refractivity contribution in [3.8, 4) is 5.75 Å². The molecule has 0 radical (unpaired) electrons. The Morgan fingerprint density at radius 1 is 1.10 bits per heavy atom. The smallest absolute Gasteiger partial charge is 0.119 e. The number of hydrogen-bond acceptors (Lipinski definition) is 3. The fourth-order valence-corrected chi connectivity index (χ4v) is 2.57. The fourth-order valence-electron chi connectivity index (χ4n) is 2.57. The molecule has 0 heterocycles. The molecule has 0 spiro atoms. The molecule has 0 aliphatic rings. The summed E-state index contributed by atoms with van der Waals surface area (Å²) in [5, 5.41) is 3.29. The second-order valence-corrected chi connectivity index (χ2v) is 5.25. The number of benzene rings is 2. The van der Waals surface area contributed by atoms with Crippen molar-refractivity contribution in [3.63, 3.8) is 0 Å². The highest BCUT2D eigenvalue weighted by molar-refractivity contribution is 5.28. The van der Waals surface area contributed by atoms with E-state index in [-0.39, 0.29) is 0 Å². The summed E-state index contributed by atoms with van der Waals surface area (Å²) >= 11 is 0. The van der Waals surface area contributed by atoms with Gasteiger partial charge in [-0.05, 0) is 37.4 Å². The molecule has 21 heavy (non-hydrogen) atoms. The molecule has 0 saturated carbocycles. The van der Waals surface area contributed by atoms with E-state index in [0.29, 0.717) is 6.04 Å². The number of nitrogens with zero attached hydrogens (tertiary/aromatic N) is 1. The normalized spacial score (nSPS) is 12.4. The van der Waals surface area contributed by atoms with Crippen LogP contribution >= 0.6 is 0 Å². The Balaban J connectivity index is 2.13. The zero-order chi connectivity index (χ0) is 15.1. The number of methoxy groups -OCH3 is 1. The third kappa shape index (κ3) is 4.31. The molecule has 2 aromatic carbocycles. The Kier molecular flexibility index (Phi) is 5.78. The SMILES string of the molecule is CNCC(c1ccccc1)N(C)Cc1cccc(OC)c1. The van der Waals surface area contributed by atoms with Gasteiger partial charge >= 0.3 is 0 Å². The summed E-state index contributed by atoms with van der Waals surface area (Å²) in [7, 11) is 5.86. The molecule has 3 heteroatoms. The maximum Gasteiger partial charge on any atom is 0.119 e. The fraction of sp³-hybridized carbons (Fsp3) is 0.333. The summed E-state index contributed by atoms with van der Waals surface area (Å²) in [6, 6.07) is 19.2. The van der Waals surface area contributed by atoms with E-state index >= 15 is 0 Å². The molecule has 1 N–H and O–H groups in total. The topological polar surface area (TPSA) is 24.5 Å². The summed E-state index contributed by atoms with van der Waals surface area (Å²) in [6.45, 7) is 1.81. The van der Waals surface area contributed by atoms with E-state index < -0.39 is 0 Å². The van der Waals surface area contributed by atoms with Gasteiger partial charge < -0.3 is 10.1 Å². The van der Waals surface area contributed by atoms with Crippen LogP contribution in [0.25, 0.3) is 0 Å². The van der Waals surface area contributed by atoms with Crippen LogP contribution in [-0.4, -0.2) is 32.6 Å². The molecule has 1 unspecified atom stereocenters. The van der Waals surface area contributed by atoms with Gasteiger partial charge in [0, 0.05) is 19.1 Å². The Morgan fingerprint density at radius 3 is 2.52 bits per heavy atom. The first-order valence-corrected chi connectivity index (χ1v) is 7.27. The molecule has 112 valence electrons. The first kappa shape index (κ1) is 15.5. The number of ether oxygens (including phenoxy) is 1. The van der Waals surface area contributed by atoms with Crippen molar-refractivity contribution in [2.24, 2.45) is 0 Å². The highest BCUT2D eigenvalue weighted by Gasteiger charge is 2.16. The molecule has 2 aromatic rings. The average molecular weight is 284 g/mol. The zero-order valence-electron chi connectivity index (χ0n) is 13.0. The van der Waals surface area contributed by atoms with Gasteiger partial charge in [-0.1, -0.05) is 42.5 Å². The van der Waals surface area contributed by atoms with Crippen LogP contribution in [0.1, 0.15) is 17.2 Å². The molecule has 0 aromatic heterocycles. The highest BCUT2D eigenvalue weighted by atomic mass is 16.5. The van der Waals surface area contributed by atoms with Crippen molar-refractivity contribution in [1.29, 1.82) is 0 Å². The predicted molar refractivity (Wildman–Crippen MR) is 87.6 cm³/mol. The highest BCUT2D eigenvalue weighted by Crippen LogP contribution is 2.22. The van der Waals surface area contributed by atoms with Crippen molar-refractivity contribution in [2.75, 3.05) is 27.7 Å². The van der Waals surface area contributed by atoms with Crippen LogP contribution in [-0.2, 0) is 6.54 Å². The lowest BCUT2D eigenvalue weighted by Gasteiger charge is -2.28. The summed E-state index contributed by atoms with van der Waals surface area (Å²) in [5.41, 5.74) is 2.59. The number of rotatable bonds is 7. The molecule has 0 amide bonds. The van der Waals surface area contributed by atoms with Gasteiger partial charge in [0.15, 0.2) is 0 Å². The lowest BCUT2D eigenvalue weighted by atomic mass is 10.0. The summed E-state index contributed by atoms with van der Waals surface area (Å²) in [6.07, 6.45) is 0. The van der Waals surface area contributed by atoms with Gasteiger partial charge in [-0.2, -0.15) is 0 Å². The van der Waals surface area contributed by atoms with Crippen LogP contribution in [0.5, 0.6) is 5.75 Å². The Bertz CT molecular complexity index is 542. The van der Waals surface area contributed by atoms with Gasteiger partial charge in [0.05, 0.1) is 7.11 Å². The largest absolute Gasteiger partial charge is 0.497 e. The van der Waals surface area contributed by atoms with Gasteiger partial charge in [0.1, 0.15) is 5.75 Å². The second kappa shape index (κ2) is 7.81. The van der Waals surface area contributed by atoms with Gasteiger partial charge in [-0.15, -0.1) is 0 Å². The van der Waals surface area contributed by atoms with Gasteiger partial charge in [-0.3, -0.25) is 4.90 Å². The number of likely N-dealkylation sites (N-methyl/N-ethyl adjacent to an activating group) is 2.